The van der Waals surface area contributed by atoms with Crippen LogP contribution in [0, 0.1) is 5.41 Å². The third kappa shape index (κ3) is 3.24. The number of nitrogens with zero attached hydrogens (tertiary/aromatic N) is 1. The Morgan fingerprint density at radius 3 is 2.84 bits per heavy atom. The Morgan fingerprint density at radius 2 is 2.04 bits per heavy atom. The van der Waals surface area contributed by atoms with Crippen LogP contribution in [0.1, 0.15) is 46.8 Å². The molecular formula is C19H21N3O2S. The summed E-state index contributed by atoms with van der Waals surface area (Å²) in [6.45, 7) is 4.85. The van der Waals surface area contributed by atoms with Crippen LogP contribution in [0.4, 0.5) is 5.13 Å². The molecule has 130 valence electrons. The van der Waals surface area contributed by atoms with E-state index in [-0.39, 0.29) is 23.1 Å². The van der Waals surface area contributed by atoms with Crippen LogP contribution in [0.25, 0.3) is 0 Å². The second-order valence-electron chi connectivity index (χ2n) is 7.63. The number of carbonyl (C=O) groups is 2. The molecule has 4 rings (SSSR count). The summed E-state index contributed by atoms with van der Waals surface area (Å²) in [5, 5.41) is 6.71. The maximum atomic E-state index is 12.6. The molecule has 5 nitrogen and oxygen atoms in total. The maximum Gasteiger partial charge on any atom is 0.243 e. The molecule has 1 aromatic heterocycles. The lowest BCUT2D eigenvalue weighted by Gasteiger charge is -2.26. The van der Waals surface area contributed by atoms with E-state index in [0.717, 1.165) is 12.1 Å². The number of benzene rings is 1. The van der Waals surface area contributed by atoms with Crippen molar-refractivity contribution in [1.29, 1.82) is 0 Å². The van der Waals surface area contributed by atoms with E-state index in [4.69, 9.17) is 0 Å². The Hall–Kier alpha value is -2.05. The molecule has 1 atom stereocenters. The summed E-state index contributed by atoms with van der Waals surface area (Å²) in [4.78, 5) is 30.1. The number of thiazole rings is 1. The van der Waals surface area contributed by atoms with Crippen LogP contribution in [-0.4, -0.2) is 22.7 Å². The average molecular weight is 355 g/mol. The second kappa shape index (κ2) is 6.04. The van der Waals surface area contributed by atoms with Crippen molar-refractivity contribution in [2.24, 2.45) is 5.41 Å². The molecule has 1 aliphatic heterocycles. The molecular weight excluding hydrogens is 334 g/mol. The lowest BCUT2D eigenvalue weighted by Crippen LogP contribution is -2.44. The van der Waals surface area contributed by atoms with E-state index in [1.165, 1.54) is 22.5 Å². The zero-order valence-corrected chi connectivity index (χ0v) is 15.2. The molecule has 0 fully saturated rings. The van der Waals surface area contributed by atoms with Gasteiger partial charge in [-0.2, -0.15) is 0 Å². The minimum absolute atomic E-state index is 0.0614. The Labute approximate surface area is 150 Å². The summed E-state index contributed by atoms with van der Waals surface area (Å²) in [7, 11) is 0. The number of carbonyl (C=O) groups excluding carboxylic acids is 2. The standard InChI is InChI=1S/C19H21N3O2S/c1-19(2)8-14-16(15(23)9-19)25-18(21-14)22-17(24)13-7-11-5-3-4-6-12(11)10-20-13/h3-6,13,20H,7-10H2,1-2H3,(H,21,22,24). The van der Waals surface area contributed by atoms with Gasteiger partial charge in [0.2, 0.25) is 5.91 Å². The van der Waals surface area contributed by atoms with Crippen molar-refractivity contribution in [3.05, 3.63) is 46.0 Å². The summed E-state index contributed by atoms with van der Waals surface area (Å²) in [6, 6.07) is 7.89. The fourth-order valence-corrected chi connectivity index (χ4v) is 4.53. The minimum atomic E-state index is -0.275. The Morgan fingerprint density at radius 1 is 1.28 bits per heavy atom. The number of aromatic nitrogens is 1. The van der Waals surface area contributed by atoms with Gasteiger partial charge in [0.05, 0.1) is 16.6 Å². The largest absolute Gasteiger partial charge is 0.301 e. The molecule has 1 unspecified atom stereocenters. The van der Waals surface area contributed by atoms with Gasteiger partial charge in [-0.05, 0) is 29.4 Å². The van der Waals surface area contributed by atoms with Gasteiger partial charge in [0.15, 0.2) is 10.9 Å². The lowest BCUT2D eigenvalue weighted by molar-refractivity contribution is -0.118. The fourth-order valence-electron chi connectivity index (χ4n) is 3.61. The molecule has 0 spiro atoms. The number of fused-ring (bicyclic) bond motifs is 2. The van der Waals surface area contributed by atoms with Crippen molar-refractivity contribution in [3.8, 4) is 0 Å². The van der Waals surface area contributed by atoms with Crippen molar-refractivity contribution >= 4 is 28.2 Å². The van der Waals surface area contributed by atoms with Gasteiger partial charge in [-0.1, -0.05) is 49.4 Å². The minimum Gasteiger partial charge on any atom is -0.301 e. The van der Waals surface area contributed by atoms with Crippen LogP contribution < -0.4 is 10.6 Å². The van der Waals surface area contributed by atoms with Crippen molar-refractivity contribution in [2.75, 3.05) is 5.32 Å². The van der Waals surface area contributed by atoms with E-state index < -0.39 is 0 Å². The van der Waals surface area contributed by atoms with E-state index in [1.807, 2.05) is 12.1 Å². The van der Waals surface area contributed by atoms with Gasteiger partial charge >= 0.3 is 0 Å². The molecule has 2 aliphatic rings. The second-order valence-corrected chi connectivity index (χ2v) is 8.63. The molecule has 0 saturated heterocycles. The van der Waals surface area contributed by atoms with E-state index in [9.17, 15) is 9.59 Å². The van der Waals surface area contributed by atoms with Gasteiger partial charge in [0.1, 0.15) is 0 Å². The average Bonchev–Trinajstić information content (AvgIpc) is 2.95. The molecule has 1 aromatic carbocycles. The summed E-state index contributed by atoms with van der Waals surface area (Å²) < 4.78 is 0. The van der Waals surface area contributed by atoms with Gasteiger partial charge in [-0.15, -0.1) is 0 Å². The van der Waals surface area contributed by atoms with Crippen molar-refractivity contribution < 1.29 is 9.59 Å². The number of hydrogen-bond acceptors (Lipinski definition) is 5. The van der Waals surface area contributed by atoms with Gasteiger partial charge in [-0.25, -0.2) is 4.98 Å². The van der Waals surface area contributed by atoms with Crippen LogP contribution in [0.15, 0.2) is 24.3 Å². The first-order valence-corrected chi connectivity index (χ1v) is 9.37. The van der Waals surface area contributed by atoms with E-state index in [0.29, 0.717) is 29.4 Å². The van der Waals surface area contributed by atoms with Gasteiger partial charge in [-0.3, -0.25) is 9.59 Å². The molecule has 2 heterocycles. The maximum absolute atomic E-state index is 12.6. The van der Waals surface area contributed by atoms with Crippen LogP contribution in [-0.2, 0) is 24.2 Å². The number of nitrogens with one attached hydrogen (secondary N) is 2. The van der Waals surface area contributed by atoms with Gasteiger partial charge < -0.3 is 10.6 Å². The summed E-state index contributed by atoms with van der Waals surface area (Å²) in [5.74, 6) is 0.0428. The number of amides is 1. The van der Waals surface area contributed by atoms with Gasteiger partial charge in [0, 0.05) is 13.0 Å². The van der Waals surface area contributed by atoms with E-state index in [2.05, 4.69) is 41.6 Å². The number of ketones is 1. The highest BCUT2D eigenvalue weighted by Gasteiger charge is 2.34. The molecule has 1 amide bonds. The first-order chi connectivity index (χ1) is 11.9. The normalized spacial score (nSPS) is 21.4. The summed E-state index contributed by atoms with van der Waals surface area (Å²) in [5.41, 5.74) is 3.21. The molecule has 0 bridgehead atoms. The predicted molar refractivity (Wildman–Crippen MR) is 97.9 cm³/mol. The van der Waals surface area contributed by atoms with Gasteiger partial charge in [0.25, 0.3) is 0 Å². The Bertz CT molecular complexity index is 856. The highest BCUT2D eigenvalue weighted by atomic mass is 32.1. The quantitative estimate of drug-likeness (QED) is 0.869. The number of Topliss-reactive ketones (excluding diaryl/α,β-unsaturated/α-hetero) is 1. The third-order valence-corrected chi connectivity index (χ3v) is 5.92. The van der Waals surface area contributed by atoms with Crippen LogP contribution in [0.2, 0.25) is 0 Å². The molecule has 25 heavy (non-hydrogen) atoms. The number of rotatable bonds is 2. The van der Waals surface area contributed by atoms with E-state index in [1.54, 1.807) is 0 Å². The number of hydrogen-bond donors (Lipinski definition) is 2. The van der Waals surface area contributed by atoms with Crippen molar-refractivity contribution in [1.82, 2.24) is 10.3 Å². The molecule has 6 heteroatoms. The Kier molecular flexibility index (Phi) is 3.96. The van der Waals surface area contributed by atoms with E-state index >= 15 is 0 Å². The van der Waals surface area contributed by atoms with Crippen LogP contribution in [0.3, 0.4) is 0 Å². The molecule has 2 aromatic rings. The Balaban J connectivity index is 1.49. The first-order valence-electron chi connectivity index (χ1n) is 8.55. The summed E-state index contributed by atoms with van der Waals surface area (Å²) >= 11 is 1.30. The third-order valence-electron chi connectivity index (χ3n) is 4.86. The monoisotopic (exact) mass is 355 g/mol. The molecule has 0 saturated carbocycles. The summed E-state index contributed by atoms with van der Waals surface area (Å²) in [6.07, 6.45) is 1.98. The first kappa shape index (κ1) is 16.4. The smallest absolute Gasteiger partial charge is 0.243 e. The van der Waals surface area contributed by atoms with Crippen molar-refractivity contribution in [2.45, 2.75) is 45.7 Å². The fraction of sp³-hybridized carbons (Fsp3) is 0.421. The highest BCUT2D eigenvalue weighted by Crippen LogP contribution is 2.38. The molecule has 1 aliphatic carbocycles. The van der Waals surface area contributed by atoms with Crippen LogP contribution >= 0.6 is 11.3 Å². The van der Waals surface area contributed by atoms with Crippen molar-refractivity contribution in [3.63, 3.8) is 0 Å². The topological polar surface area (TPSA) is 71.1 Å². The SMILES string of the molecule is CC1(C)CC(=O)c2sc(NC(=O)C3Cc4ccccc4CN3)nc2C1. The molecule has 0 radical (unpaired) electrons. The molecule has 2 N–H and O–H groups in total. The highest BCUT2D eigenvalue weighted by molar-refractivity contribution is 7.17. The van der Waals surface area contributed by atoms with Crippen LogP contribution in [0.5, 0.6) is 0 Å². The zero-order chi connectivity index (χ0) is 17.6. The predicted octanol–water partition coefficient (Wildman–Crippen LogP) is 2.95. The zero-order valence-electron chi connectivity index (χ0n) is 14.4. The number of anilines is 1. The lowest BCUT2D eigenvalue weighted by atomic mass is 9.78.